The quantitative estimate of drug-likeness (QED) is 0.763. The number of aliphatic hydroxyl groups is 1. The summed E-state index contributed by atoms with van der Waals surface area (Å²) < 4.78 is 1.86. The fraction of sp³-hybridized carbons (Fsp3) is 0.727. The fourth-order valence-electron chi connectivity index (χ4n) is 2.51. The Morgan fingerprint density at radius 2 is 2.53 bits per heavy atom. The van der Waals surface area contributed by atoms with Crippen LogP contribution in [0.3, 0.4) is 0 Å². The molecule has 2 rings (SSSR count). The third-order valence-electron chi connectivity index (χ3n) is 3.26. The van der Waals surface area contributed by atoms with E-state index in [0.717, 1.165) is 31.5 Å². The lowest BCUT2D eigenvalue weighted by Crippen LogP contribution is -2.40. The van der Waals surface area contributed by atoms with Crippen LogP contribution in [0.2, 0.25) is 0 Å². The summed E-state index contributed by atoms with van der Waals surface area (Å²) in [7, 11) is 0. The van der Waals surface area contributed by atoms with E-state index < -0.39 is 5.60 Å². The Morgan fingerprint density at radius 3 is 3.20 bits per heavy atom. The van der Waals surface area contributed by atoms with Crippen LogP contribution in [-0.4, -0.2) is 20.9 Å². The first kappa shape index (κ1) is 10.6. The molecular weight excluding hydrogens is 190 g/mol. The largest absolute Gasteiger partial charge is 0.384 e. The zero-order valence-electron chi connectivity index (χ0n) is 9.19. The maximum Gasteiger partial charge on any atom is 0.108 e. The molecule has 3 N–H and O–H groups in total. The number of nitrogens with zero attached hydrogens (tertiary/aromatic N) is 2. The summed E-state index contributed by atoms with van der Waals surface area (Å²) in [5.74, 6) is 0. The topological polar surface area (TPSA) is 64.1 Å². The van der Waals surface area contributed by atoms with E-state index in [-0.39, 0.29) is 6.04 Å². The number of aromatic nitrogens is 2. The molecule has 1 heterocycles. The van der Waals surface area contributed by atoms with Gasteiger partial charge in [-0.15, -0.1) is 0 Å². The van der Waals surface area contributed by atoms with E-state index in [4.69, 9.17) is 5.73 Å². The van der Waals surface area contributed by atoms with Gasteiger partial charge in [-0.1, -0.05) is 0 Å². The third kappa shape index (κ3) is 1.92. The Morgan fingerprint density at radius 1 is 1.73 bits per heavy atom. The maximum atomic E-state index is 10.6. The molecule has 1 aromatic heterocycles. The average molecular weight is 209 g/mol. The molecule has 1 saturated carbocycles. The predicted octanol–water partition coefficient (Wildman–Crippen LogP) is 0.992. The summed E-state index contributed by atoms with van der Waals surface area (Å²) in [5.41, 5.74) is 6.08. The Hall–Kier alpha value is -0.870. The molecule has 1 aliphatic rings. The number of hydrogen-bond acceptors (Lipinski definition) is 3. The molecule has 4 heteroatoms. The van der Waals surface area contributed by atoms with E-state index in [9.17, 15) is 5.11 Å². The summed E-state index contributed by atoms with van der Waals surface area (Å²) in [6.07, 6.45) is 5.21. The third-order valence-corrected chi connectivity index (χ3v) is 3.26. The Kier molecular flexibility index (Phi) is 2.80. The van der Waals surface area contributed by atoms with Gasteiger partial charge in [0, 0.05) is 18.8 Å². The first-order chi connectivity index (χ1) is 7.15. The standard InChI is InChI=1S/C11H19N3O/c1-2-14-10(5-7-13-14)11(15)6-3-4-9(12)8-11/h5,7,9,15H,2-4,6,8,12H2,1H3. The van der Waals surface area contributed by atoms with Crippen LogP contribution in [0.5, 0.6) is 0 Å². The molecular formula is C11H19N3O. The smallest absolute Gasteiger partial charge is 0.108 e. The molecule has 0 bridgehead atoms. The van der Waals surface area contributed by atoms with E-state index in [2.05, 4.69) is 5.10 Å². The van der Waals surface area contributed by atoms with Crippen LogP contribution in [0.25, 0.3) is 0 Å². The van der Waals surface area contributed by atoms with Gasteiger partial charge in [0.2, 0.25) is 0 Å². The van der Waals surface area contributed by atoms with E-state index in [1.54, 1.807) is 6.20 Å². The van der Waals surface area contributed by atoms with E-state index >= 15 is 0 Å². The molecule has 0 saturated heterocycles. The Labute approximate surface area is 90.1 Å². The van der Waals surface area contributed by atoms with Crippen molar-refractivity contribution in [1.29, 1.82) is 0 Å². The van der Waals surface area contributed by atoms with E-state index in [1.807, 2.05) is 17.7 Å². The van der Waals surface area contributed by atoms with Crippen LogP contribution in [0.1, 0.15) is 38.3 Å². The lowest BCUT2D eigenvalue weighted by atomic mass is 9.80. The molecule has 15 heavy (non-hydrogen) atoms. The van der Waals surface area contributed by atoms with Gasteiger partial charge in [-0.2, -0.15) is 5.10 Å². The number of nitrogens with two attached hydrogens (primary N) is 1. The van der Waals surface area contributed by atoms with Crippen LogP contribution in [-0.2, 0) is 12.1 Å². The van der Waals surface area contributed by atoms with E-state index in [0.29, 0.717) is 6.42 Å². The van der Waals surface area contributed by atoms with Crippen molar-refractivity contribution in [3.05, 3.63) is 18.0 Å². The second kappa shape index (κ2) is 3.94. The van der Waals surface area contributed by atoms with Crippen LogP contribution in [0.15, 0.2) is 12.3 Å². The van der Waals surface area contributed by atoms with Crippen LogP contribution >= 0.6 is 0 Å². The predicted molar refractivity (Wildman–Crippen MR) is 58.2 cm³/mol. The summed E-state index contributed by atoms with van der Waals surface area (Å²) in [4.78, 5) is 0. The molecule has 0 aliphatic heterocycles. The van der Waals surface area contributed by atoms with Gasteiger partial charge in [0.15, 0.2) is 0 Å². The van der Waals surface area contributed by atoms with Crippen molar-refractivity contribution in [2.75, 3.05) is 0 Å². The Bertz CT molecular complexity index is 336. The van der Waals surface area contributed by atoms with Crippen molar-refractivity contribution in [2.24, 2.45) is 5.73 Å². The van der Waals surface area contributed by atoms with Gasteiger partial charge in [-0.3, -0.25) is 4.68 Å². The minimum atomic E-state index is -0.760. The first-order valence-corrected chi connectivity index (χ1v) is 5.66. The molecule has 2 atom stereocenters. The second-order valence-electron chi connectivity index (χ2n) is 4.42. The van der Waals surface area contributed by atoms with Gasteiger partial charge in [0.25, 0.3) is 0 Å². The zero-order valence-corrected chi connectivity index (χ0v) is 9.19. The molecule has 2 unspecified atom stereocenters. The molecule has 1 aromatic rings. The summed E-state index contributed by atoms with van der Waals surface area (Å²) in [6.45, 7) is 2.82. The zero-order chi connectivity index (χ0) is 10.9. The molecule has 0 amide bonds. The van der Waals surface area contributed by atoms with Gasteiger partial charge in [0.05, 0.1) is 5.69 Å². The average Bonchev–Trinajstić information content (AvgIpc) is 2.65. The number of rotatable bonds is 2. The first-order valence-electron chi connectivity index (χ1n) is 5.66. The minimum absolute atomic E-state index is 0.115. The van der Waals surface area contributed by atoms with Crippen molar-refractivity contribution in [3.63, 3.8) is 0 Å². The number of hydrogen-bond donors (Lipinski definition) is 2. The fourth-order valence-corrected chi connectivity index (χ4v) is 2.51. The highest BCUT2D eigenvalue weighted by Gasteiger charge is 2.36. The highest BCUT2D eigenvalue weighted by Crippen LogP contribution is 2.36. The van der Waals surface area contributed by atoms with Gasteiger partial charge >= 0.3 is 0 Å². The molecule has 1 fully saturated rings. The van der Waals surface area contributed by atoms with Crippen LogP contribution in [0, 0.1) is 0 Å². The highest BCUT2D eigenvalue weighted by atomic mass is 16.3. The maximum absolute atomic E-state index is 10.6. The SMILES string of the molecule is CCn1nccc1C1(O)CCCC(N)C1. The normalized spacial score (nSPS) is 31.8. The van der Waals surface area contributed by atoms with Gasteiger partial charge < -0.3 is 10.8 Å². The second-order valence-corrected chi connectivity index (χ2v) is 4.42. The van der Waals surface area contributed by atoms with Crippen molar-refractivity contribution in [1.82, 2.24) is 9.78 Å². The molecule has 4 nitrogen and oxygen atoms in total. The molecule has 0 radical (unpaired) electrons. The van der Waals surface area contributed by atoms with Gasteiger partial charge in [-0.05, 0) is 38.7 Å². The summed E-state index contributed by atoms with van der Waals surface area (Å²) in [6, 6.07) is 2.02. The highest BCUT2D eigenvalue weighted by molar-refractivity contribution is 5.13. The minimum Gasteiger partial charge on any atom is -0.384 e. The summed E-state index contributed by atoms with van der Waals surface area (Å²) >= 11 is 0. The van der Waals surface area contributed by atoms with E-state index in [1.165, 1.54) is 0 Å². The monoisotopic (exact) mass is 209 g/mol. The van der Waals surface area contributed by atoms with Gasteiger partial charge in [0.1, 0.15) is 5.60 Å². The molecule has 0 aromatic carbocycles. The Balaban J connectivity index is 2.27. The number of aryl methyl sites for hydroxylation is 1. The molecule has 0 spiro atoms. The lowest BCUT2D eigenvalue weighted by molar-refractivity contribution is -0.0149. The van der Waals surface area contributed by atoms with Crippen LogP contribution < -0.4 is 5.73 Å². The van der Waals surface area contributed by atoms with Crippen molar-refractivity contribution < 1.29 is 5.11 Å². The van der Waals surface area contributed by atoms with Crippen molar-refractivity contribution in [2.45, 2.75) is 50.8 Å². The van der Waals surface area contributed by atoms with Crippen molar-refractivity contribution >= 4 is 0 Å². The molecule has 1 aliphatic carbocycles. The van der Waals surface area contributed by atoms with Gasteiger partial charge in [-0.25, -0.2) is 0 Å². The lowest BCUT2D eigenvalue weighted by Gasteiger charge is -2.35. The molecule has 84 valence electrons. The van der Waals surface area contributed by atoms with Crippen molar-refractivity contribution in [3.8, 4) is 0 Å². The summed E-state index contributed by atoms with van der Waals surface area (Å²) in [5, 5.41) is 14.8. The van der Waals surface area contributed by atoms with Crippen LogP contribution in [0.4, 0.5) is 0 Å².